The number of carbonyl (C=O) groups is 6. The van der Waals surface area contributed by atoms with Crippen LogP contribution >= 0.6 is 0 Å². The van der Waals surface area contributed by atoms with Crippen LogP contribution in [0.4, 0.5) is 28.4 Å². The maximum absolute atomic E-state index is 14.2. The molecule has 3 aromatic carbocycles. The molecule has 6 atom stereocenters. The van der Waals surface area contributed by atoms with Gasteiger partial charge in [-0.05, 0) is 11.6 Å². The molecule has 0 heterocycles. The second kappa shape index (κ2) is 24.2. The number of anilines is 2. The number of nitrogens with zero attached hydrogens (tertiary/aromatic N) is 8. The van der Waals surface area contributed by atoms with Gasteiger partial charge in [-0.15, -0.1) is 0 Å². The lowest BCUT2D eigenvalue weighted by Gasteiger charge is -2.30. The lowest BCUT2D eigenvalue weighted by Crippen LogP contribution is -2.58. The predicted octanol–water partition coefficient (Wildman–Crippen LogP) is -7.48. The van der Waals surface area contributed by atoms with Crippen molar-refractivity contribution in [2.24, 2.45) is 71.6 Å². The first-order valence-electron chi connectivity index (χ1n) is 19.3. The molecule has 378 valence electrons. The highest BCUT2D eigenvalue weighted by Crippen LogP contribution is 2.39. The van der Waals surface area contributed by atoms with Crippen LogP contribution in [0.5, 0.6) is 0 Å². The SMILES string of the molecule is NC(=O)C(N=C(N)N)NC(=O)C(N=C(N)N)NC(=O)C(N=C(N)N)NC(=O)C(N=C(N)N)NC(=O)C(NC(=O)C(O)N(Cc1ccccc1[N+](=O)[O-])c1cc(N)c([N+](=O)[O-])cc1[N+](=O)[O-])c1ccccc1. The predicted molar refractivity (Wildman–Crippen MR) is 247 cm³/mol. The number of nitro benzene ring substituents is 3. The van der Waals surface area contributed by atoms with Crippen LogP contribution < -0.4 is 88.8 Å². The number of nitro groups is 3. The molecule has 36 heteroatoms. The Balaban J connectivity index is 2.07. The Bertz CT molecular complexity index is 2680. The summed E-state index contributed by atoms with van der Waals surface area (Å²) in [6.07, 6.45) is -11.3. The Morgan fingerprint density at radius 2 is 0.944 bits per heavy atom. The van der Waals surface area contributed by atoms with E-state index in [1.54, 1.807) is 0 Å². The summed E-state index contributed by atoms with van der Waals surface area (Å²) in [5.74, 6) is -11.9. The molecule has 0 aliphatic rings. The monoisotopic (exact) mass is 995 g/mol. The number of aliphatic hydroxyl groups excluding tert-OH is 1. The van der Waals surface area contributed by atoms with Crippen LogP contribution in [-0.2, 0) is 35.3 Å². The third kappa shape index (κ3) is 15.4. The highest BCUT2D eigenvalue weighted by atomic mass is 16.6. The molecule has 0 fully saturated rings. The molecular weight excluding hydrogens is 951 g/mol. The van der Waals surface area contributed by atoms with E-state index in [0.717, 1.165) is 6.07 Å². The summed E-state index contributed by atoms with van der Waals surface area (Å²) >= 11 is 0. The van der Waals surface area contributed by atoms with Crippen molar-refractivity contribution in [2.45, 2.75) is 43.5 Å². The van der Waals surface area contributed by atoms with Crippen LogP contribution in [0.25, 0.3) is 0 Å². The standard InChI is InChI=1S/C35H45N23O13/c36-15-10-18(19(58(70)71)11-17(15)57(68)69)55(12-14-8-4-5-9-16(14)56(66)67)31(65)30(64)46-20(13-6-2-1-3-7-13)26(60)48-23(52-33(40)41)28(62)50-25(54-35(44)45)29(63)49-24(53-34(42)43)27(61)47-22(21(37)59)51-32(38)39/h1-11,20,22-25,31,65H,12,36H2,(H2,37,59)(H,46,64)(H,47,61)(H,48,60)(H,49,63)(H,50,62)(H4,38,39,51)(H4,40,41,52)(H4,42,43,53)(H4,44,45,54). The molecule has 71 heavy (non-hydrogen) atoms. The lowest BCUT2D eigenvalue weighted by molar-refractivity contribution is -0.393. The van der Waals surface area contributed by atoms with E-state index in [2.05, 4.69) is 30.6 Å². The minimum absolute atomic E-state index is 0.0922. The minimum atomic E-state index is -2.65. The van der Waals surface area contributed by atoms with E-state index in [0.29, 0.717) is 17.0 Å². The fourth-order valence-electron chi connectivity index (χ4n) is 5.82. The van der Waals surface area contributed by atoms with Crippen molar-refractivity contribution in [2.75, 3.05) is 10.6 Å². The third-order valence-corrected chi connectivity index (χ3v) is 8.81. The van der Waals surface area contributed by atoms with Crippen LogP contribution in [0.15, 0.2) is 86.7 Å². The van der Waals surface area contributed by atoms with Crippen molar-refractivity contribution in [3.63, 3.8) is 0 Å². The van der Waals surface area contributed by atoms with Crippen molar-refractivity contribution >= 4 is 87.7 Å². The van der Waals surface area contributed by atoms with E-state index in [1.165, 1.54) is 48.5 Å². The number of benzene rings is 3. The fraction of sp³-hybridized carbons (Fsp3) is 0.200. The summed E-state index contributed by atoms with van der Waals surface area (Å²) in [5, 5.41) is 57.7. The number of primary amides is 1. The first kappa shape index (κ1) is 54.7. The first-order chi connectivity index (χ1) is 33.2. The summed E-state index contributed by atoms with van der Waals surface area (Å²) in [7, 11) is 0. The van der Waals surface area contributed by atoms with E-state index in [4.69, 9.17) is 57.3 Å². The summed E-state index contributed by atoms with van der Waals surface area (Å²) in [4.78, 5) is 128. The number of para-hydroxylation sites is 1. The highest BCUT2D eigenvalue weighted by molar-refractivity contribution is 5.99. The van der Waals surface area contributed by atoms with Gasteiger partial charge in [0.1, 0.15) is 17.4 Å². The lowest BCUT2D eigenvalue weighted by atomic mass is 10.1. The molecule has 0 bridgehead atoms. The van der Waals surface area contributed by atoms with Crippen LogP contribution in [0.2, 0.25) is 0 Å². The van der Waals surface area contributed by atoms with E-state index < -0.39 is 146 Å². The number of rotatable bonds is 23. The number of aliphatic imine (C=N–C) groups is 4. The summed E-state index contributed by atoms with van der Waals surface area (Å²) < 4.78 is 0. The third-order valence-electron chi connectivity index (χ3n) is 8.81. The Morgan fingerprint density at radius 3 is 1.38 bits per heavy atom. The maximum atomic E-state index is 14.2. The van der Waals surface area contributed by atoms with Crippen molar-refractivity contribution in [3.8, 4) is 0 Å². The van der Waals surface area contributed by atoms with Crippen molar-refractivity contribution in [1.82, 2.24) is 26.6 Å². The Morgan fingerprint density at radius 1 is 0.535 bits per heavy atom. The molecule has 0 aromatic heterocycles. The van der Waals surface area contributed by atoms with Crippen LogP contribution in [0.3, 0.4) is 0 Å². The zero-order valence-electron chi connectivity index (χ0n) is 36.2. The van der Waals surface area contributed by atoms with Crippen LogP contribution in [-0.4, -0.2) is 110 Å². The Kier molecular flexibility index (Phi) is 18.6. The van der Waals surface area contributed by atoms with Crippen molar-refractivity contribution in [3.05, 3.63) is 108 Å². The van der Waals surface area contributed by atoms with Gasteiger partial charge < -0.3 is 93.9 Å². The molecule has 36 nitrogen and oxygen atoms in total. The van der Waals surface area contributed by atoms with Gasteiger partial charge in [0, 0.05) is 11.6 Å². The highest BCUT2D eigenvalue weighted by Gasteiger charge is 2.37. The van der Waals surface area contributed by atoms with Crippen molar-refractivity contribution in [1.29, 1.82) is 0 Å². The van der Waals surface area contributed by atoms with Gasteiger partial charge >= 0.3 is 0 Å². The smallest absolute Gasteiger partial charge is 0.299 e. The average Bonchev–Trinajstić information content (AvgIpc) is 3.27. The Hall–Kier alpha value is -10.7. The van der Waals surface area contributed by atoms with Gasteiger partial charge in [-0.2, -0.15) is 0 Å². The van der Waals surface area contributed by atoms with Crippen LogP contribution in [0.1, 0.15) is 17.2 Å². The number of hydrogen-bond acceptors (Lipinski definition) is 19. The Labute approximate surface area is 396 Å². The number of carbonyl (C=O) groups excluding carboxylic acids is 6. The molecule has 0 spiro atoms. The first-order valence-corrected chi connectivity index (χ1v) is 19.3. The van der Waals surface area contributed by atoms with Gasteiger partial charge in [-0.3, -0.25) is 59.1 Å². The molecule has 0 aliphatic carbocycles. The average molecular weight is 996 g/mol. The molecule has 6 amide bonds. The van der Waals surface area contributed by atoms with E-state index >= 15 is 0 Å². The van der Waals surface area contributed by atoms with E-state index in [-0.39, 0.29) is 11.1 Å². The van der Waals surface area contributed by atoms with E-state index in [1.807, 2.05) is 16.0 Å². The second-order valence-corrected chi connectivity index (χ2v) is 13.9. The largest absolute Gasteiger partial charge is 0.393 e. The number of amides is 6. The van der Waals surface area contributed by atoms with E-state index in [9.17, 15) is 64.2 Å². The number of nitrogens with one attached hydrogen (secondary N) is 5. The zero-order valence-corrected chi connectivity index (χ0v) is 36.2. The quantitative estimate of drug-likeness (QED) is 0.0105. The minimum Gasteiger partial charge on any atom is -0.393 e. The van der Waals surface area contributed by atoms with Gasteiger partial charge in [-0.25, -0.2) is 20.0 Å². The number of nitrogen functional groups attached to an aromatic ring is 1. The second-order valence-electron chi connectivity index (χ2n) is 13.9. The van der Waals surface area contributed by atoms with Gasteiger partial charge in [0.25, 0.3) is 46.6 Å². The molecule has 3 rings (SSSR count). The molecule has 0 saturated heterocycles. The maximum Gasteiger partial charge on any atom is 0.299 e. The molecule has 6 unspecified atom stereocenters. The molecule has 0 aliphatic heterocycles. The molecular formula is C35H45N23O13. The normalized spacial score (nSPS) is 13.0. The fourth-order valence-corrected chi connectivity index (χ4v) is 5.82. The van der Waals surface area contributed by atoms with Gasteiger partial charge in [-0.1, -0.05) is 48.5 Å². The van der Waals surface area contributed by atoms with Crippen molar-refractivity contribution < 1.29 is 48.6 Å². The molecule has 0 radical (unpaired) electrons. The molecule has 3 aromatic rings. The van der Waals surface area contributed by atoms with Gasteiger partial charge in [0.15, 0.2) is 23.8 Å². The number of nitrogens with two attached hydrogens (primary N) is 10. The summed E-state index contributed by atoms with van der Waals surface area (Å²) in [5.41, 5.74) is 49.9. The summed E-state index contributed by atoms with van der Waals surface area (Å²) in [6, 6.07) is 10.7. The number of hydrogen-bond donors (Lipinski definition) is 16. The number of guanidine groups is 4. The topological polar surface area (TPSA) is 625 Å². The van der Waals surface area contributed by atoms with Gasteiger partial charge in [0.05, 0.1) is 27.4 Å². The van der Waals surface area contributed by atoms with Crippen LogP contribution in [0, 0.1) is 30.3 Å². The zero-order chi connectivity index (χ0) is 53.4. The summed E-state index contributed by atoms with van der Waals surface area (Å²) in [6.45, 7) is -0.882. The molecule has 0 saturated carbocycles. The van der Waals surface area contributed by atoms with Gasteiger partial charge in [0.2, 0.25) is 36.8 Å². The number of aliphatic hydroxyl groups is 1. The molecule has 26 N–H and O–H groups in total.